The van der Waals surface area contributed by atoms with Crippen LogP contribution in [0.4, 0.5) is 0 Å². The number of fused-ring (bicyclic) bond motifs is 1. The molecule has 0 aliphatic rings. The molecule has 0 aliphatic carbocycles. The molecule has 0 saturated carbocycles. The smallest absolute Gasteiger partial charge is 0.132 e. The molecule has 0 spiro atoms. The van der Waals surface area contributed by atoms with E-state index in [4.69, 9.17) is 22.1 Å². The Morgan fingerprint density at radius 3 is 2.74 bits per heavy atom. The van der Waals surface area contributed by atoms with E-state index in [0.29, 0.717) is 6.61 Å². The van der Waals surface area contributed by atoms with Gasteiger partial charge in [-0.3, -0.25) is 0 Å². The molecule has 100 valence electrons. The average molecular weight is 276 g/mol. The Labute approximate surface area is 118 Å². The minimum atomic E-state index is -0.0695. The van der Waals surface area contributed by atoms with Gasteiger partial charge < -0.3 is 10.5 Å². The zero-order valence-corrected chi connectivity index (χ0v) is 11.9. The second kappa shape index (κ2) is 6.09. The van der Waals surface area contributed by atoms with Gasteiger partial charge >= 0.3 is 0 Å². The fourth-order valence-electron chi connectivity index (χ4n) is 2.00. The summed E-state index contributed by atoms with van der Waals surface area (Å²) in [4.78, 5) is 0. The number of halogens is 1. The van der Waals surface area contributed by atoms with Gasteiger partial charge in [-0.05, 0) is 24.8 Å². The molecule has 2 aromatic rings. The van der Waals surface area contributed by atoms with Crippen LogP contribution in [0.1, 0.15) is 25.5 Å². The van der Waals surface area contributed by atoms with Crippen LogP contribution in [0.15, 0.2) is 47.5 Å². The maximum atomic E-state index is 6.02. The van der Waals surface area contributed by atoms with Crippen molar-refractivity contribution in [1.82, 2.24) is 0 Å². The number of hydrogen-bond donors (Lipinski definition) is 1. The van der Waals surface area contributed by atoms with Gasteiger partial charge in [0, 0.05) is 22.5 Å². The van der Waals surface area contributed by atoms with E-state index in [-0.39, 0.29) is 6.04 Å². The van der Waals surface area contributed by atoms with Gasteiger partial charge in [-0.1, -0.05) is 48.0 Å². The second-order valence-corrected chi connectivity index (χ2v) is 4.96. The van der Waals surface area contributed by atoms with Crippen molar-refractivity contribution in [1.29, 1.82) is 0 Å². The highest BCUT2D eigenvalue weighted by atomic mass is 35.5. The zero-order valence-electron chi connectivity index (χ0n) is 11.2. The first-order valence-electron chi connectivity index (χ1n) is 6.29. The first-order valence-corrected chi connectivity index (χ1v) is 6.73. The number of rotatable bonds is 4. The third-order valence-electron chi connectivity index (χ3n) is 3.03. The molecule has 19 heavy (non-hydrogen) atoms. The molecule has 0 heterocycles. The third kappa shape index (κ3) is 3.09. The van der Waals surface area contributed by atoms with Crippen LogP contribution in [0.3, 0.4) is 0 Å². The normalized spacial score (nSPS) is 13.6. The van der Waals surface area contributed by atoms with Gasteiger partial charge in [0.25, 0.3) is 0 Å². The highest BCUT2D eigenvalue weighted by molar-refractivity contribution is 6.25. The molecule has 0 saturated heterocycles. The first kappa shape index (κ1) is 13.9. The van der Waals surface area contributed by atoms with Crippen molar-refractivity contribution in [3.8, 4) is 5.75 Å². The van der Waals surface area contributed by atoms with Crippen molar-refractivity contribution in [3.05, 3.63) is 53.1 Å². The molecule has 1 atom stereocenters. The minimum Gasteiger partial charge on any atom is -0.488 e. The van der Waals surface area contributed by atoms with Crippen LogP contribution in [0.5, 0.6) is 5.75 Å². The molecule has 0 aromatic heterocycles. The molecule has 2 aromatic carbocycles. The van der Waals surface area contributed by atoms with E-state index in [1.165, 1.54) is 5.54 Å². The SMILES string of the molecule is C/C(=C\Cl)COc1c(C(C)N)ccc2ccccc12. The second-order valence-electron chi connectivity index (χ2n) is 4.74. The predicted octanol–water partition coefficient (Wildman–Crippen LogP) is 4.38. The van der Waals surface area contributed by atoms with E-state index in [1.807, 2.05) is 32.0 Å². The standard InChI is InChI=1S/C16H18ClNO/c1-11(9-17)10-19-16-14(12(2)18)8-7-13-5-3-4-6-15(13)16/h3-9,12H,10,18H2,1-2H3/b11-9+. The highest BCUT2D eigenvalue weighted by Crippen LogP contribution is 2.33. The lowest BCUT2D eigenvalue weighted by molar-refractivity contribution is 0.351. The molecule has 0 aliphatic heterocycles. The van der Waals surface area contributed by atoms with Gasteiger partial charge in [-0.2, -0.15) is 0 Å². The van der Waals surface area contributed by atoms with Crippen molar-refractivity contribution in [3.63, 3.8) is 0 Å². The van der Waals surface area contributed by atoms with E-state index < -0.39 is 0 Å². The maximum absolute atomic E-state index is 6.02. The third-order valence-corrected chi connectivity index (χ3v) is 3.40. The molecule has 0 radical (unpaired) electrons. The fraction of sp³-hybridized carbons (Fsp3) is 0.250. The summed E-state index contributed by atoms with van der Waals surface area (Å²) in [5.74, 6) is 0.853. The van der Waals surface area contributed by atoms with Gasteiger partial charge in [-0.15, -0.1) is 0 Å². The van der Waals surface area contributed by atoms with E-state index >= 15 is 0 Å². The molecular formula is C16H18ClNO. The van der Waals surface area contributed by atoms with Gasteiger partial charge in [0.1, 0.15) is 12.4 Å². The van der Waals surface area contributed by atoms with Crippen LogP contribution in [0.2, 0.25) is 0 Å². The van der Waals surface area contributed by atoms with Crippen LogP contribution < -0.4 is 10.5 Å². The maximum Gasteiger partial charge on any atom is 0.132 e. The van der Waals surface area contributed by atoms with Gasteiger partial charge in [0.15, 0.2) is 0 Å². The van der Waals surface area contributed by atoms with Crippen LogP contribution >= 0.6 is 11.6 Å². The van der Waals surface area contributed by atoms with Crippen LogP contribution in [-0.4, -0.2) is 6.61 Å². The van der Waals surface area contributed by atoms with Crippen LogP contribution in [0.25, 0.3) is 10.8 Å². The summed E-state index contributed by atoms with van der Waals surface area (Å²) in [5.41, 5.74) is 9.55. The molecule has 2 rings (SSSR count). The van der Waals surface area contributed by atoms with E-state index in [1.54, 1.807) is 0 Å². The Balaban J connectivity index is 2.49. The number of nitrogens with two attached hydrogens (primary N) is 1. The topological polar surface area (TPSA) is 35.2 Å². The summed E-state index contributed by atoms with van der Waals surface area (Å²) >= 11 is 5.67. The van der Waals surface area contributed by atoms with Crippen molar-refractivity contribution in [2.75, 3.05) is 6.61 Å². The van der Waals surface area contributed by atoms with Crippen LogP contribution in [0, 0.1) is 0 Å². The quantitative estimate of drug-likeness (QED) is 0.899. The summed E-state index contributed by atoms with van der Waals surface area (Å²) < 4.78 is 5.93. The molecule has 0 amide bonds. The van der Waals surface area contributed by atoms with E-state index in [2.05, 4.69) is 18.2 Å². The lowest BCUT2D eigenvalue weighted by Crippen LogP contribution is -2.09. The molecule has 3 heteroatoms. The monoisotopic (exact) mass is 275 g/mol. The molecular weight excluding hydrogens is 258 g/mol. The number of ether oxygens (including phenoxy) is 1. The van der Waals surface area contributed by atoms with Crippen molar-refractivity contribution < 1.29 is 4.74 Å². The summed E-state index contributed by atoms with van der Waals surface area (Å²) in [7, 11) is 0. The van der Waals surface area contributed by atoms with Crippen molar-refractivity contribution >= 4 is 22.4 Å². The molecule has 0 bridgehead atoms. The summed E-state index contributed by atoms with van der Waals surface area (Å²) in [6.45, 7) is 4.36. The first-order chi connectivity index (χ1) is 9.13. The summed E-state index contributed by atoms with van der Waals surface area (Å²) in [6, 6.07) is 12.2. The van der Waals surface area contributed by atoms with Crippen LogP contribution in [-0.2, 0) is 0 Å². The Bertz CT molecular complexity index is 605. The lowest BCUT2D eigenvalue weighted by Gasteiger charge is -2.16. The Kier molecular flexibility index (Phi) is 4.46. The van der Waals surface area contributed by atoms with Crippen molar-refractivity contribution in [2.24, 2.45) is 5.73 Å². The lowest BCUT2D eigenvalue weighted by atomic mass is 10.0. The Hall–Kier alpha value is -1.51. The molecule has 2 nitrogen and oxygen atoms in total. The largest absolute Gasteiger partial charge is 0.488 e. The number of benzene rings is 2. The zero-order chi connectivity index (χ0) is 13.8. The number of hydrogen-bond acceptors (Lipinski definition) is 2. The van der Waals surface area contributed by atoms with E-state index in [0.717, 1.165) is 27.7 Å². The van der Waals surface area contributed by atoms with Gasteiger partial charge in [0.05, 0.1) is 0 Å². The minimum absolute atomic E-state index is 0.0695. The Morgan fingerprint density at radius 1 is 1.32 bits per heavy atom. The van der Waals surface area contributed by atoms with Gasteiger partial charge in [0.2, 0.25) is 0 Å². The summed E-state index contributed by atoms with van der Waals surface area (Å²) in [6.07, 6.45) is 0. The predicted molar refractivity (Wildman–Crippen MR) is 81.7 cm³/mol. The Morgan fingerprint density at radius 2 is 2.05 bits per heavy atom. The van der Waals surface area contributed by atoms with E-state index in [9.17, 15) is 0 Å². The fourth-order valence-corrected chi connectivity index (χ4v) is 2.06. The molecule has 2 N–H and O–H groups in total. The molecule has 0 fully saturated rings. The highest BCUT2D eigenvalue weighted by Gasteiger charge is 2.12. The summed E-state index contributed by atoms with van der Waals surface area (Å²) in [5, 5.41) is 2.23. The average Bonchev–Trinajstić information content (AvgIpc) is 2.43. The van der Waals surface area contributed by atoms with Crippen molar-refractivity contribution in [2.45, 2.75) is 19.9 Å². The molecule has 1 unspecified atom stereocenters. The van der Waals surface area contributed by atoms with Gasteiger partial charge in [-0.25, -0.2) is 0 Å².